The molecule has 33 heavy (non-hydrogen) atoms. The zero-order valence-corrected chi connectivity index (χ0v) is 18.4. The highest BCUT2D eigenvalue weighted by molar-refractivity contribution is 5.78. The average molecular weight is 451 g/mol. The fourth-order valence-electron chi connectivity index (χ4n) is 4.05. The SMILES string of the molecule is CC(c1ccc(-c2ccccc2)c(F)c1)c1cc(C/N=C(\N)N2CCC(C(=O)O)CC2)on1. The van der Waals surface area contributed by atoms with Gasteiger partial charge in [-0.15, -0.1) is 0 Å². The summed E-state index contributed by atoms with van der Waals surface area (Å²) in [7, 11) is 0. The van der Waals surface area contributed by atoms with Gasteiger partial charge < -0.3 is 20.3 Å². The smallest absolute Gasteiger partial charge is 0.306 e. The Hall–Kier alpha value is -3.68. The number of nitrogens with zero attached hydrogens (tertiary/aromatic N) is 3. The minimum atomic E-state index is -0.761. The van der Waals surface area contributed by atoms with Crippen LogP contribution in [0.25, 0.3) is 11.1 Å². The minimum Gasteiger partial charge on any atom is -0.481 e. The minimum absolute atomic E-state index is 0.154. The van der Waals surface area contributed by atoms with Crippen molar-refractivity contribution in [2.24, 2.45) is 16.6 Å². The molecule has 1 aliphatic heterocycles. The molecule has 7 nitrogen and oxygen atoms in total. The van der Waals surface area contributed by atoms with E-state index in [1.54, 1.807) is 12.1 Å². The Morgan fingerprint density at radius 3 is 2.64 bits per heavy atom. The summed E-state index contributed by atoms with van der Waals surface area (Å²) in [4.78, 5) is 17.3. The molecule has 1 atom stereocenters. The monoisotopic (exact) mass is 450 g/mol. The van der Waals surface area contributed by atoms with E-state index in [-0.39, 0.29) is 24.2 Å². The van der Waals surface area contributed by atoms with E-state index in [4.69, 9.17) is 15.4 Å². The van der Waals surface area contributed by atoms with Crippen molar-refractivity contribution < 1.29 is 18.8 Å². The number of aliphatic imine (C=N–C) groups is 1. The first-order valence-electron chi connectivity index (χ1n) is 11.0. The number of halogens is 1. The fourth-order valence-corrected chi connectivity index (χ4v) is 4.05. The standard InChI is InChI=1S/C25H27FN4O3/c1-16(19-7-8-21(22(26)13-19)17-5-3-2-4-6-17)23-14-20(33-29-23)15-28-25(27)30-11-9-18(10-12-30)24(31)32/h2-8,13-14,16,18H,9-12,15H2,1H3,(H2,27,28)(H,31,32). The van der Waals surface area contributed by atoms with Crippen molar-refractivity contribution >= 4 is 11.9 Å². The summed E-state index contributed by atoms with van der Waals surface area (Å²) in [5, 5.41) is 13.2. The predicted molar refractivity (Wildman–Crippen MR) is 123 cm³/mol. The summed E-state index contributed by atoms with van der Waals surface area (Å²) in [5.74, 6) is -0.594. The van der Waals surface area contributed by atoms with E-state index >= 15 is 0 Å². The van der Waals surface area contributed by atoms with E-state index in [2.05, 4.69) is 10.1 Å². The Labute approximate surface area is 191 Å². The number of benzene rings is 2. The summed E-state index contributed by atoms with van der Waals surface area (Å²) in [6, 6.07) is 16.5. The molecule has 2 aromatic carbocycles. The zero-order valence-electron chi connectivity index (χ0n) is 18.4. The Bertz CT molecular complexity index is 1140. The van der Waals surface area contributed by atoms with E-state index in [1.165, 1.54) is 6.07 Å². The highest BCUT2D eigenvalue weighted by Gasteiger charge is 2.25. The van der Waals surface area contributed by atoms with Gasteiger partial charge in [0.15, 0.2) is 11.7 Å². The molecule has 0 spiro atoms. The van der Waals surface area contributed by atoms with Gasteiger partial charge in [-0.25, -0.2) is 9.38 Å². The van der Waals surface area contributed by atoms with Crippen LogP contribution in [0, 0.1) is 11.7 Å². The van der Waals surface area contributed by atoms with Crippen LogP contribution in [-0.2, 0) is 11.3 Å². The molecule has 0 saturated carbocycles. The lowest BCUT2D eigenvalue weighted by molar-refractivity contribution is -0.143. The molecule has 2 heterocycles. The molecular formula is C25H27FN4O3. The zero-order chi connectivity index (χ0) is 23.4. The lowest BCUT2D eigenvalue weighted by Crippen LogP contribution is -2.44. The second-order valence-corrected chi connectivity index (χ2v) is 8.32. The Kier molecular flexibility index (Phi) is 6.72. The average Bonchev–Trinajstić information content (AvgIpc) is 3.31. The first kappa shape index (κ1) is 22.5. The number of rotatable bonds is 6. The molecule has 4 rings (SSSR count). The van der Waals surface area contributed by atoms with Gasteiger partial charge in [0.2, 0.25) is 0 Å². The van der Waals surface area contributed by atoms with Crippen molar-refractivity contribution in [3.05, 3.63) is 77.4 Å². The van der Waals surface area contributed by atoms with E-state index < -0.39 is 5.97 Å². The molecule has 1 unspecified atom stereocenters. The van der Waals surface area contributed by atoms with E-state index in [0.717, 1.165) is 11.1 Å². The number of likely N-dealkylation sites (tertiary alicyclic amines) is 1. The van der Waals surface area contributed by atoms with Crippen LogP contribution in [-0.4, -0.2) is 40.2 Å². The van der Waals surface area contributed by atoms with E-state index in [0.29, 0.717) is 48.9 Å². The highest BCUT2D eigenvalue weighted by Crippen LogP contribution is 2.29. The van der Waals surface area contributed by atoms with Gasteiger partial charge in [-0.1, -0.05) is 54.5 Å². The molecule has 1 aliphatic rings. The van der Waals surface area contributed by atoms with Gasteiger partial charge in [0, 0.05) is 30.6 Å². The third kappa shape index (κ3) is 5.22. The second kappa shape index (κ2) is 9.85. The predicted octanol–water partition coefficient (Wildman–Crippen LogP) is 4.24. The van der Waals surface area contributed by atoms with Crippen LogP contribution in [0.2, 0.25) is 0 Å². The molecule has 3 aromatic rings. The quantitative estimate of drug-likeness (QED) is 0.430. The maximum Gasteiger partial charge on any atom is 0.306 e. The molecule has 0 radical (unpaired) electrons. The number of carboxylic acids is 1. The first-order chi connectivity index (χ1) is 15.9. The molecule has 1 fully saturated rings. The highest BCUT2D eigenvalue weighted by atomic mass is 19.1. The van der Waals surface area contributed by atoms with Gasteiger partial charge in [-0.2, -0.15) is 0 Å². The molecule has 8 heteroatoms. The van der Waals surface area contributed by atoms with Crippen LogP contribution in [0.15, 0.2) is 64.1 Å². The van der Waals surface area contributed by atoms with Gasteiger partial charge in [0.1, 0.15) is 12.4 Å². The van der Waals surface area contributed by atoms with Crippen LogP contribution < -0.4 is 5.73 Å². The van der Waals surface area contributed by atoms with Crippen LogP contribution >= 0.6 is 0 Å². The number of nitrogens with two attached hydrogens (primary N) is 1. The number of carbonyl (C=O) groups is 1. The second-order valence-electron chi connectivity index (χ2n) is 8.32. The Morgan fingerprint density at radius 2 is 1.97 bits per heavy atom. The largest absolute Gasteiger partial charge is 0.481 e. The number of hydrogen-bond acceptors (Lipinski definition) is 4. The van der Waals surface area contributed by atoms with Crippen LogP contribution in [0.1, 0.15) is 42.7 Å². The third-order valence-corrected chi connectivity index (χ3v) is 6.16. The van der Waals surface area contributed by atoms with Crippen molar-refractivity contribution in [3.63, 3.8) is 0 Å². The van der Waals surface area contributed by atoms with Gasteiger partial charge in [0.05, 0.1) is 11.6 Å². The van der Waals surface area contributed by atoms with Crippen LogP contribution in [0.3, 0.4) is 0 Å². The van der Waals surface area contributed by atoms with Crippen molar-refractivity contribution in [3.8, 4) is 11.1 Å². The molecule has 3 N–H and O–H groups in total. The molecule has 0 bridgehead atoms. The molecule has 0 aliphatic carbocycles. The summed E-state index contributed by atoms with van der Waals surface area (Å²) in [6.45, 7) is 3.31. The summed E-state index contributed by atoms with van der Waals surface area (Å²) in [6.07, 6.45) is 1.10. The van der Waals surface area contributed by atoms with Crippen LogP contribution in [0.5, 0.6) is 0 Å². The van der Waals surface area contributed by atoms with Crippen molar-refractivity contribution in [2.75, 3.05) is 13.1 Å². The van der Waals surface area contributed by atoms with Gasteiger partial charge in [0.25, 0.3) is 0 Å². The fraction of sp³-hybridized carbons (Fsp3) is 0.320. The third-order valence-electron chi connectivity index (χ3n) is 6.16. The number of piperidine rings is 1. The van der Waals surface area contributed by atoms with E-state index in [9.17, 15) is 9.18 Å². The normalized spacial score (nSPS) is 16.1. The van der Waals surface area contributed by atoms with Crippen LogP contribution in [0.4, 0.5) is 4.39 Å². The van der Waals surface area contributed by atoms with Gasteiger partial charge in [-0.3, -0.25) is 4.79 Å². The lowest BCUT2D eigenvalue weighted by atomic mass is 9.94. The topological polar surface area (TPSA) is 105 Å². The molecular weight excluding hydrogens is 423 g/mol. The summed E-state index contributed by atoms with van der Waals surface area (Å²) in [5.41, 5.74) is 8.96. The molecule has 172 valence electrons. The number of aliphatic carboxylic acids is 1. The van der Waals surface area contributed by atoms with Gasteiger partial charge in [-0.05, 0) is 30.0 Å². The van der Waals surface area contributed by atoms with E-state index in [1.807, 2.05) is 48.2 Å². The maximum atomic E-state index is 14.8. The number of hydrogen-bond donors (Lipinski definition) is 2. The number of aromatic nitrogens is 1. The van der Waals surface area contributed by atoms with Gasteiger partial charge >= 0.3 is 5.97 Å². The lowest BCUT2D eigenvalue weighted by Gasteiger charge is -2.30. The number of guanidine groups is 1. The first-order valence-corrected chi connectivity index (χ1v) is 11.0. The van der Waals surface area contributed by atoms with Crippen molar-refractivity contribution in [1.82, 2.24) is 10.1 Å². The summed E-state index contributed by atoms with van der Waals surface area (Å²) < 4.78 is 20.2. The number of carboxylic acid groups (broad SMARTS) is 1. The Balaban J connectivity index is 1.39. The summed E-state index contributed by atoms with van der Waals surface area (Å²) >= 11 is 0. The molecule has 1 aromatic heterocycles. The maximum absolute atomic E-state index is 14.8. The molecule has 1 saturated heterocycles. The van der Waals surface area contributed by atoms with Crippen molar-refractivity contribution in [1.29, 1.82) is 0 Å². The van der Waals surface area contributed by atoms with Crippen molar-refractivity contribution in [2.45, 2.75) is 32.2 Å². The Morgan fingerprint density at radius 1 is 1.24 bits per heavy atom. The molecule has 0 amide bonds.